The first-order valence-corrected chi connectivity index (χ1v) is 7.84. The number of carbonyl (C=O) groups is 2. The van der Waals surface area contributed by atoms with Crippen LogP contribution in [-0.2, 0) is 15.0 Å². The van der Waals surface area contributed by atoms with Crippen LogP contribution in [0.25, 0.3) is 0 Å². The Kier molecular flexibility index (Phi) is 5.15. The lowest BCUT2D eigenvalue weighted by Gasteiger charge is -2.28. The van der Waals surface area contributed by atoms with Gasteiger partial charge in [0.25, 0.3) is 0 Å². The first-order chi connectivity index (χ1) is 9.46. The standard InChI is InChI=1S/C15H24N2O3S/c1-9(2)15(6,12(19)20)7-11(18)17-13-16-10(8-21-13)14(3,4)5/h8-9H,7H2,1-6H3,(H,19,20)(H,16,17,18). The van der Waals surface area contributed by atoms with Crippen molar-refractivity contribution >= 4 is 28.3 Å². The molecule has 0 aliphatic heterocycles. The fourth-order valence-electron chi connectivity index (χ4n) is 1.70. The van der Waals surface area contributed by atoms with Crippen LogP contribution in [0.5, 0.6) is 0 Å². The lowest BCUT2D eigenvalue weighted by molar-refractivity contribution is -0.153. The summed E-state index contributed by atoms with van der Waals surface area (Å²) >= 11 is 1.36. The molecule has 0 bridgehead atoms. The predicted molar refractivity (Wildman–Crippen MR) is 84.6 cm³/mol. The van der Waals surface area contributed by atoms with Gasteiger partial charge in [-0.1, -0.05) is 34.6 Å². The van der Waals surface area contributed by atoms with E-state index >= 15 is 0 Å². The van der Waals surface area contributed by atoms with E-state index in [1.807, 2.05) is 40.0 Å². The summed E-state index contributed by atoms with van der Waals surface area (Å²) in [7, 11) is 0. The third-order valence-electron chi connectivity index (χ3n) is 3.81. The molecule has 1 heterocycles. The number of carboxylic acids is 1. The maximum Gasteiger partial charge on any atom is 0.310 e. The average Bonchev–Trinajstić information content (AvgIpc) is 2.76. The minimum absolute atomic E-state index is 0.0650. The summed E-state index contributed by atoms with van der Waals surface area (Å²) in [5.74, 6) is -1.41. The molecule has 0 aliphatic carbocycles. The lowest BCUT2D eigenvalue weighted by Crippen LogP contribution is -2.37. The fourth-order valence-corrected chi connectivity index (χ4v) is 2.65. The Hall–Kier alpha value is -1.43. The molecule has 0 saturated heterocycles. The Morgan fingerprint density at radius 2 is 1.90 bits per heavy atom. The van der Waals surface area contributed by atoms with Crippen molar-refractivity contribution in [2.45, 2.75) is 53.4 Å². The lowest BCUT2D eigenvalue weighted by atomic mass is 9.76. The molecule has 1 unspecified atom stereocenters. The summed E-state index contributed by atoms with van der Waals surface area (Å²) < 4.78 is 0. The van der Waals surface area contributed by atoms with E-state index < -0.39 is 11.4 Å². The first kappa shape index (κ1) is 17.6. The second-order valence-corrected chi connectivity index (χ2v) is 7.75. The number of aromatic nitrogens is 1. The van der Waals surface area contributed by atoms with Gasteiger partial charge in [-0.3, -0.25) is 9.59 Å². The zero-order valence-corrected chi connectivity index (χ0v) is 14.3. The number of rotatable bonds is 5. The molecule has 1 aromatic rings. The van der Waals surface area contributed by atoms with Crippen LogP contribution in [0.4, 0.5) is 5.13 Å². The van der Waals surface area contributed by atoms with E-state index in [0.29, 0.717) is 5.13 Å². The van der Waals surface area contributed by atoms with Gasteiger partial charge in [0.2, 0.25) is 5.91 Å². The summed E-state index contributed by atoms with van der Waals surface area (Å²) in [6.07, 6.45) is -0.0650. The number of aliphatic carboxylic acids is 1. The maximum absolute atomic E-state index is 12.1. The highest BCUT2D eigenvalue weighted by Crippen LogP contribution is 2.32. The number of hydrogen-bond acceptors (Lipinski definition) is 4. The molecule has 0 saturated carbocycles. The van der Waals surface area contributed by atoms with Crippen LogP contribution in [0.1, 0.15) is 53.7 Å². The topological polar surface area (TPSA) is 79.3 Å². The summed E-state index contributed by atoms with van der Waals surface area (Å²) in [5.41, 5.74) is -0.242. The quantitative estimate of drug-likeness (QED) is 0.872. The summed E-state index contributed by atoms with van der Waals surface area (Å²) in [5, 5.41) is 14.5. The van der Waals surface area contributed by atoms with Gasteiger partial charge in [-0.05, 0) is 12.8 Å². The highest BCUT2D eigenvalue weighted by Gasteiger charge is 2.39. The normalized spacial score (nSPS) is 14.8. The van der Waals surface area contributed by atoms with Gasteiger partial charge in [0, 0.05) is 17.2 Å². The summed E-state index contributed by atoms with van der Waals surface area (Å²) in [6.45, 7) is 11.4. The van der Waals surface area contributed by atoms with Crippen LogP contribution in [-0.4, -0.2) is 22.0 Å². The minimum Gasteiger partial charge on any atom is -0.481 e. The molecule has 6 heteroatoms. The molecule has 0 aromatic carbocycles. The van der Waals surface area contributed by atoms with Crippen LogP contribution >= 0.6 is 11.3 Å². The van der Waals surface area contributed by atoms with Crippen LogP contribution in [0.2, 0.25) is 0 Å². The molecule has 0 fully saturated rings. The van der Waals surface area contributed by atoms with Crippen molar-refractivity contribution in [3.63, 3.8) is 0 Å². The molecule has 1 rings (SSSR count). The zero-order valence-electron chi connectivity index (χ0n) is 13.5. The summed E-state index contributed by atoms with van der Waals surface area (Å²) in [4.78, 5) is 27.9. The van der Waals surface area contributed by atoms with Crippen molar-refractivity contribution in [3.05, 3.63) is 11.1 Å². The molecule has 0 aliphatic rings. The Morgan fingerprint density at radius 1 is 1.33 bits per heavy atom. The van der Waals surface area contributed by atoms with E-state index in [1.54, 1.807) is 6.92 Å². The Morgan fingerprint density at radius 3 is 2.29 bits per heavy atom. The van der Waals surface area contributed by atoms with Gasteiger partial charge in [0.05, 0.1) is 11.1 Å². The number of amides is 1. The minimum atomic E-state index is -1.08. The van der Waals surface area contributed by atoms with Gasteiger partial charge in [-0.25, -0.2) is 4.98 Å². The largest absolute Gasteiger partial charge is 0.481 e. The number of carboxylic acid groups (broad SMARTS) is 1. The van der Waals surface area contributed by atoms with Gasteiger partial charge in [-0.15, -0.1) is 11.3 Å². The van der Waals surface area contributed by atoms with Gasteiger partial charge in [0.15, 0.2) is 5.13 Å². The number of anilines is 1. The Balaban J connectivity index is 2.78. The van der Waals surface area contributed by atoms with Crippen molar-refractivity contribution in [1.29, 1.82) is 0 Å². The van der Waals surface area contributed by atoms with Crippen LogP contribution < -0.4 is 5.32 Å². The maximum atomic E-state index is 12.1. The highest BCUT2D eigenvalue weighted by atomic mass is 32.1. The van der Waals surface area contributed by atoms with Crippen molar-refractivity contribution in [3.8, 4) is 0 Å². The van der Waals surface area contributed by atoms with Gasteiger partial charge in [0.1, 0.15) is 0 Å². The molecular weight excluding hydrogens is 288 g/mol. The van der Waals surface area contributed by atoms with E-state index in [-0.39, 0.29) is 23.7 Å². The van der Waals surface area contributed by atoms with Gasteiger partial charge in [-0.2, -0.15) is 0 Å². The zero-order chi connectivity index (χ0) is 16.4. The second-order valence-electron chi connectivity index (χ2n) is 6.89. The van der Waals surface area contributed by atoms with Crippen molar-refractivity contribution < 1.29 is 14.7 Å². The molecule has 0 radical (unpaired) electrons. The van der Waals surface area contributed by atoms with E-state index in [1.165, 1.54) is 11.3 Å². The van der Waals surface area contributed by atoms with Crippen LogP contribution in [0, 0.1) is 11.3 Å². The molecule has 2 N–H and O–H groups in total. The van der Waals surface area contributed by atoms with Crippen LogP contribution in [0.3, 0.4) is 0 Å². The van der Waals surface area contributed by atoms with Gasteiger partial charge >= 0.3 is 5.97 Å². The number of carbonyl (C=O) groups excluding carboxylic acids is 1. The third-order valence-corrected chi connectivity index (χ3v) is 4.57. The van der Waals surface area contributed by atoms with E-state index in [2.05, 4.69) is 10.3 Å². The predicted octanol–water partition coefficient (Wildman–Crippen LogP) is 3.52. The molecule has 118 valence electrons. The van der Waals surface area contributed by atoms with E-state index in [0.717, 1.165) is 5.69 Å². The molecular formula is C15H24N2O3S. The fraction of sp³-hybridized carbons (Fsp3) is 0.667. The molecule has 1 amide bonds. The highest BCUT2D eigenvalue weighted by molar-refractivity contribution is 7.13. The monoisotopic (exact) mass is 312 g/mol. The van der Waals surface area contributed by atoms with E-state index in [9.17, 15) is 14.7 Å². The molecule has 1 aromatic heterocycles. The Bertz CT molecular complexity index is 531. The molecule has 5 nitrogen and oxygen atoms in total. The smallest absolute Gasteiger partial charge is 0.310 e. The number of nitrogens with one attached hydrogen (secondary N) is 1. The number of thiazole rings is 1. The first-order valence-electron chi connectivity index (χ1n) is 6.96. The van der Waals surface area contributed by atoms with E-state index in [4.69, 9.17) is 0 Å². The van der Waals surface area contributed by atoms with Crippen molar-refractivity contribution in [1.82, 2.24) is 4.98 Å². The van der Waals surface area contributed by atoms with Crippen molar-refractivity contribution in [2.75, 3.05) is 5.32 Å². The van der Waals surface area contributed by atoms with Crippen LogP contribution in [0.15, 0.2) is 5.38 Å². The Labute approximate surface area is 129 Å². The average molecular weight is 312 g/mol. The molecule has 1 atom stereocenters. The second kappa shape index (κ2) is 6.13. The molecule has 21 heavy (non-hydrogen) atoms. The SMILES string of the molecule is CC(C)C(C)(CC(=O)Nc1nc(C(C)(C)C)cs1)C(=O)O. The number of nitrogens with zero attached hydrogens (tertiary/aromatic N) is 1. The van der Waals surface area contributed by atoms with Crippen molar-refractivity contribution in [2.24, 2.45) is 11.3 Å². The molecule has 0 spiro atoms. The summed E-state index contributed by atoms with van der Waals surface area (Å²) in [6, 6.07) is 0. The third kappa shape index (κ3) is 4.27. The van der Waals surface area contributed by atoms with Gasteiger partial charge < -0.3 is 10.4 Å². The number of hydrogen-bond donors (Lipinski definition) is 2.